The molecule has 0 bridgehead atoms. The van der Waals surface area contributed by atoms with Crippen LogP contribution in [0.4, 0.5) is 0 Å². The van der Waals surface area contributed by atoms with Crippen LogP contribution in [0.15, 0.2) is 18.2 Å². The molecule has 0 saturated carbocycles. The van der Waals surface area contributed by atoms with Crippen molar-refractivity contribution in [1.29, 1.82) is 0 Å². The number of nitrogens with one attached hydrogen (secondary N) is 1. The largest absolute Gasteiger partial charge is 0.497 e. The molecule has 1 amide bonds. The molecule has 0 aromatic heterocycles. The lowest BCUT2D eigenvalue weighted by molar-refractivity contribution is -0.147. The summed E-state index contributed by atoms with van der Waals surface area (Å²) < 4.78 is 10.2. The normalized spacial score (nSPS) is 13.3. The SMILES string of the molecule is COc1ccc(C(C)(NC(C)=O)C(=O)O)c(OC)c1. The summed E-state index contributed by atoms with van der Waals surface area (Å²) in [6.45, 7) is 2.66. The second kappa shape index (κ2) is 5.60. The number of benzene rings is 1. The number of carbonyl (C=O) groups is 2. The van der Waals surface area contributed by atoms with Crippen LogP contribution in [0.5, 0.6) is 11.5 Å². The van der Waals surface area contributed by atoms with Crippen LogP contribution in [-0.4, -0.2) is 31.2 Å². The van der Waals surface area contributed by atoms with Gasteiger partial charge in [0.15, 0.2) is 5.54 Å². The van der Waals surface area contributed by atoms with E-state index in [2.05, 4.69) is 5.32 Å². The Balaban J connectivity index is 3.38. The second-order valence-electron chi connectivity index (χ2n) is 4.18. The average molecular weight is 267 g/mol. The van der Waals surface area contributed by atoms with Gasteiger partial charge in [0.2, 0.25) is 5.91 Å². The van der Waals surface area contributed by atoms with Crippen molar-refractivity contribution in [3.63, 3.8) is 0 Å². The first-order valence-electron chi connectivity index (χ1n) is 5.59. The predicted molar refractivity (Wildman–Crippen MR) is 68.4 cm³/mol. The number of aliphatic carboxylic acids is 1. The highest BCUT2D eigenvalue weighted by Gasteiger charge is 2.38. The molecule has 0 heterocycles. The van der Waals surface area contributed by atoms with Crippen LogP contribution in [0, 0.1) is 0 Å². The van der Waals surface area contributed by atoms with Crippen molar-refractivity contribution >= 4 is 11.9 Å². The number of methoxy groups -OCH3 is 2. The molecule has 1 aromatic carbocycles. The van der Waals surface area contributed by atoms with Crippen LogP contribution < -0.4 is 14.8 Å². The fourth-order valence-corrected chi connectivity index (χ4v) is 1.80. The van der Waals surface area contributed by atoms with Gasteiger partial charge < -0.3 is 19.9 Å². The summed E-state index contributed by atoms with van der Waals surface area (Å²) in [5.41, 5.74) is -1.22. The van der Waals surface area contributed by atoms with E-state index in [1.54, 1.807) is 18.2 Å². The summed E-state index contributed by atoms with van der Waals surface area (Å²) in [5, 5.41) is 11.8. The van der Waals surface area contributed by atoms with Crippen LogP contribution in [0.25, 0.3) is 0 Å². The van der Waals surface area contributed by atoms with Crippen molar-refractivity contribution in [3.8, 4) is 11.5 Å². The maximum atomic E-state index is 11.5. The summed E-state index contributed by atoms with van der Waals surface area (Å²) in [5.74, 6) is -0.747. The third-order valence-electron chi connectivity index (χ3n) is 2.80. The van der Waals surface area contributed by atoms with E-state index < -0.39 is 17.4 Å². The molecule has 104 valence electrons. The number of amides is 1. The fourth-order valence-electron chi connectivity index (χ4n) is 1.80. The van der Waals surface area contributed by atoms with Crippen molar-refractivity contribution in [2.45, 2.75) is 19.4 Å². The highest BCUT2D eigenvalue weighted by Crippen LogP contribution is 2.33. The Bertz CT molecular complexity index is 500. The van der Waals surface area contributed by atoms with Gasteiger partial charge in [0.1, 0.15) is 11.5 Å². The first kappa shape index (κ1) is 14.8. The minimum atomic E-state index is -1.57. The zero-order valence-corrected chi connectivity index (χ0v) is 11.3. The number of carboxylic acid groups (broad SMARTS) is 1. The Morgan fingerprint density at radius 1 is 1.26 bits per heavy atom. The molecular weight excluding hydrogens is 250 g/mol. The highest BCUT2D eigenvalue weighted by atomic mass is 16.5. The molecule has 0 aliphatic rings. The summed E-state index contributed by atoms with van der Waals surface area (Å²) >= 11 is 0. The van der Waals surface area contributed by atoms with E-state index in [0.717, 1.165) is 0 Å². The Hall–Kier alpha value is -2.24. The van der Waals surface area contributed by atoms with Crippen LogP contribution in [-0.2, 0) is 15.1 Å². The molecule has 0 fully saturated rings. The molecule has 1 unspecified atom stereocenters. The summed E-state index contributed by atoms with van der Waals surface area (Å²) in [6, 6.07) is 4.74. The molecule has 0 saturated heterocycles. The standard InChI is InChI=1S/C13H17NO5/c1-8(15)14-13(2,12(16)17)10-6-5-9(18-3)7-11(10)19-4/h5-7H,1-4H3,(H,14,15)(H,16,17). The summed E-state index contributed by atoms with van der Waals surface area (Å²) in [6.07, 6.45) is 0. The summed E-state index contributed by atoms with van der Waals surface area (Å²) in [4.78, 5) is 22.7. The van der Waals surface area contributed by atoms with Gasteiger partial charge in [-0.1, -0.05) is 0 Å². The number of carbonyl (C=O) groups excluding carboxylic acids is 1. The minimum absolute atomic E-state index is 0.331. The van der Waals surface area contributed by atoms with E-state index in [1.807, 2.05) is 0 Å². The highest BCUT2D eigenvalue weighted by molar-refractivity contribution is 5.87. The van der Waals surface area contributed by atoms with Gasteiger partial charge >= 0.3 is 5.97 Å². The van der Waals surface area contributed by atoms with Gasteiger partial charge in [0.05, 0.1) is 14.2 Å². The van der Waals surface area contributed by atoms with E-state index in [1.165, 1.54) is 28.1 Å². The Morgan fingerprint density at radius 3 is 2.32 bits per heavy atom. The number of rotatable bonds is 5. The van der Waals surface area contributed by atoms with Crippen LogP contribution in [0.2, 0.25) is 0 Å². The van der Waals surface area contributed by atoms with Gasteiger partial charge in [0.25, 0.3) is 0 Å². The van der Waals surface area contributed by atoms with Crippen LogP contribution in [0.3, 0.4) is 0 Å². The van der Waals surface area contributed by atoms with Gasteiger partial charge in [-0.3, -0.25) is 4.79 Å². The number of ether oxygens (including phenoxy) is 2. The van der Waals surface area contributed by atoms with Gasteiger partial charge in [-0.15, -0.1) is 0 Å². The Labute approximate surface area is 111 Å². The van der Waals surface area contributed by atoms with Crippen molar-refractivity contribution in [3.05, 3.63) is 23.8 Å². The molecule has 2 N–H and O–H groups in total. The molecule has 0 aliphatic carbocycles. The zero-order valence-electron chi connectivity index (χ0n) is 11.3. The maximum absolute atomic E-state index is 11.5. The predicted octanol–water partition coefficient (Wildman–Crippen LogP) is 1.14. The third kappa shape index (κ3) is 2.96. The average Bonchev–Trinajstić information content (AvgIpc) is 2.36. The number of hydrogen-bond acceptors (Lipinski definition) is 4. The van der Waals surface area contributed by atoms with Gasteiger partial charge in [-0.25, -0.2) is 4.79 Å². The molecule has 0 radical (unpaired) electrons. The molecular formula is C13H17NO5. The van der Waals surface area contributed by atoms with E-state index in [0.29, 0.717) is 17.1 Å². The smallest absolute Gasteiger partial charge is 0.333 e. The van der Waals surface area contributed by atoms with E-state index >= 15 is 0 Å². The topological polar surface area (TPSA) is 84.9 Å². The van der Waals surface area contributed by atoms with Crippen molar-refractivity contribution in [2.75, 3.05) is 14.2 Å². The molecule has 6 heteroatoms. The number of hydrogen-bond donors (Lipinski definition) is 2. The first-order valence-corrected chi connectivity index (χ1v) is 5.59. The lowest BCUT2D eigenvalue weighted by Gasteiger charge is -2.27. The zero-order chi connectivity index (χ0) is 14.6. The maximum Gasteiger partial charge on any atom is 0.333 e. The number of carboxylic acids is 1. The molecule has 1 aromatic rings. The molecule has 19 heavy (non-hydrogen) atoms. The quantitative estimate of drug-likeness (QED) is 0.835. The molecule has 0 aliphatic heterocycles. The molecule has 6 nitrogen and oxygen atoms in total. The van der Waals surface area contributed by atoms with E-state index in [-0.39, 0.29) is 0 Å². The molecule has 1 atom stereocenters. The minimum Gasteiger partial charge on any atom is -0.497 e. The van der Waals surface area contributed by atoms with Crippen molar-refractivity contribution < 1.29 is 24.2 Å². The van der Waals surface area contributed by atoms with E-state index in [9.17, 15) is 14.7 Å². The molecule has 0 spiro atoms. The van der Waals surface area contributed by atoms with Crippen LogP contribution >= 0.6 is 0 Å². The lowest BCUT2D eigenvalue weighted by Crippen LogP contribution is -2.49. The van der Waals surface area contributed by atoms with E-state index in [4.69, 9.17) is 9.47 Å². The van der Waals surface area contributed by atoms with Crippen molar-refractivity contribution in [2.24, 2.45) is 0 Å². The molecule has 1 rings (SSSR count). The van der Waals surface area contributed by atoms with Crippen molar-refractivity contribution in [1.82, 2.24) is 5.32 Å². The van der Waals surface area contributed by atoms with Gasteiger partial charge in [-0.05, 0) is 19.1 Å². The first-order chi connectivity index (χ1) is 8.85. The Morgan fingerprint density at radius 2 is 1.89 bits per heavy atom. The Kier molecular flexibility index (Phi) is 4.37. The lowest BCUT2D eigenvalue weighted by atomic mass is 9.91. The summed E-state index contributed by atoms with van der Waals surface area (Å²) in [7, 11) is 2.92. The second-order valence-corrected chi connectivity index (χ2v) is 4.18. The van der Waals surface area contributed by atoms with Gasteiger partial charge in [0, 0.05) is 18.6 Å². The monoisotopic (exact) mass is 267 g/mol. The third-order valence-corrected chi connectivity index (χ3v) is 2.80. The van der Waals surface area contributed by atoms with Gasteiger partial charge in [-0.2, -0.15) is 0 Å². The van der Waals surface area contributed by atoms with Crippen LogP contribution in [0.1, 0.15) is 19.4 Å². The fraction of sp³-hybridized carbons (Fsp3) is 0.385.